The van der Waals surface area contributed by atoms with Crippen LogP contribution in [0.3, 0.4) is 0 Å². The van der Waals surface area contributed by atoms with Crippen molar-refractivity contribution in [2.45, 2.75) is 25.7 Å². The summed E-state index contributed by atoms with van der Waals surface area (Å²) in [5.74, 6) is 1.14. The van der Waals surface area contributed by atoms with Crippen LogP contribution in [0.1, 0.15) is 31.2 Å². The van der Waals surface area contributed by atoms with Gasteiger partial charge >= 0.3 is 0 Å². The number of benzene rings is 1. The van der Waals surface area contributed by atoms with E-state index in [0.29, 0.717) is 17.6 Å². The van der Waals surface area contributed by atoms with Crippen LogP contribution in [0.5, 0.6) is 0 Å². The van der Waals surface area contributed by atoms with Crippen LogP contribution in [-0.2, 0) is 4.79 Å². The fraction of sp³-hybridized carbons (Fsp3) is 0.417. The Balaban J connectivity index is 2.15. The molecular weight excluding hydrogens is 160 g/mol. The summed E-state index contributed by atoms with van der Waals surface area (Å²) in [4.78, 5) is 11.2. The van der Waals surface area contributed by atoms with Crippen LogP contribution in [-0.4, -0.2) is 5.78 Å². The summed E-state index contributed by atoms with van der Waals surface area (Å²) in [7, 11) is 0. The Kier molecular flexibility index (Phi) is 2.17. The van der Waals surface area contributed by atoms with Crippen LogP contribution in [0.4, 0.5) is 0 Å². The van der Waals surface area contributed by atoms with Gasteiger partial charge in [0, 0.05) is 5.92 Å². The van der Waals surface area contributed by atoms with Crippen molar-refractivity contribution < 1.29 is 4.79 Å². The molecule has 1 aliphatic rings. The summed E-state index contributed by atoms with van der Waals surface area (Å²) >= 11 is 0. The highest BCUT2D eigenvalue weighted by Gasteiger charge is 2.34. The molecule has 0 bridgehead atoms. The Bertz CT molecular complexity index is 302. The minimum absolute atomic E-state index is 0.294. The van der Waals surface area contributed by atoms with E-state index in [1.165, 1.54) is 12.0 Å². The highest BCUT2D eigenvalue weighted by atomic mass is 16.1. The molecule has 0 N–H and O–H groups in total. The lowest BCUT2D eigenvalue weighted by Gasteiger charge is -2.35. The van der Waals surface area contributed by atoms with Crippen molar-refractivity contribution in [3.05, 3.63) is 35.9 Å². The molecule has 0 aliphatic heterocycles. The van der Waals surface area contributed by atoms with E-state index in [9.17, 15) is 4.79 Å². The average Bonchev–Trinajstić information content (AvgIpc) is 2.02. The first-order valence-electron chi connectivity index (χ1n) is 4.84. The van der Waals surface area contributed by atoms with Crippen LogP contribution in [0, 0.1) is 5.92 Å². The molecule has 1 fully saturated rings. The third-order valence-electron chi connectivity index (χ3n) is 3.02. The number of hydrogen-bond donors (Lipinski definition) is 0. The highest BCUT2D eigenvalue weighted by molar-refractivity contribution is 5.80. The zero-order valence-electron chi connectivity index (χ0n) is 7.86. The maximum absolute atomic E-state index is 11.2. The van der Waals surface area contributed by atoms with Crippen molar-refractivity contribution in [2.24, 2.45) is 5.92 Å². The molecule has 0 radical (unpaired) electrons. The maximum atomic E-state index is 11.2. The molecule has 0 aromatic heterocycles. The molecule has 0 heterocycles. The molecular formula is C12H14O. The molecule has 2 atom stereocenters. The Morgan fingerprint density at radius 2 is 1.92 bits per heavy atom. The van der Waals surface area contributed by atoms with E-state index in [-0.39, 0.29) is 0 Å². The fourth-order valence-electron chi connectivity index (χ4n) is 2.09. The summed E-state index contributed by atoms with van der Waals surface area (Å²) in [5, 5.41) is 0. The minimum Gasteiger partial charge on any atom is -0.300 e. The average molecular weight is 174 g/mol. The van der Waals surface area contributed by atoms with Crippen molar-refractivity contribution in [1.29, 1.82) is 0 Å². The molecule has 1 aromatic rings. The van der Waals surface area contributed by atoms with Gasteiger partial charge in [0.1, 0.15) is 5.78 Å². The van der Waals surface area contributed by atoms with E-state index in [2.05, 4.69) is 12.1 Å². The van der Waals surface area contributed by atoms with Crippen molar-refractivity contribution in [1.82, 2.24) is 0 Å². The normalized spacial score (nSPS) is 26.5. The third kappa shape index (κ3) is 1.51. The monoisotopic (exact) mass is 174 g/mol. The van der Waals surface area contributed by atoms with Gasteiger partial charge in [-0.15, -0.1) is 0 Å². The second-order valence-corrected chi connectivity index (χ2v) is 3.81. The molecule has 1 saturated carbocycles. The van der Waals surface area contributed by atoms with E-state index in [1.807, 2.05) is 18.2 Å². The van der Waals surface area contributed by atoms with Gasteiger partial charge in [-0.25, -0.2) is 0 Å². The van der Waals surface area contributed by atoms with Gasteiger partial charge in [0.25, 0.3) is 0 Å². The Morgan fingerprint density at radius 1 is 1.23 bits per heavy atom. The van der Waals surface area contributed by atoms with Gasteiger partial charge in [0.05, 0.1) is 0 Å². The lowest BCUT2D eigenvalue weighted by molar-refractivity contribution is -0.123. The molecule has 13 heavy (non-hydrogen) atoms. The van der Waals surface area contributed by atoms with Crippen molar-refractivity contribution in [3.8, 4) is 0 Å². The molecule has 0 spiro atoms. The van der Waals surface area contributed by atoms with E-state index in [1.54, 1.807) is 6.92 Å². The van der Waals surface area contributed by atoms with Crippen molar-refractivity contribution in [3.63, 3.8) is 0 Å². The number of hydrogen-bond acceptors (Lipinski definition) is 1. The largest absolute Gasteiger partial charge is 0.300 e. The van der Waals surface area contributed by atoms with Crippen LogP contribution < -0.4 is 0 Å². The molecule has 2 rings (SSSR count). The fourth-order valence-corrected chi connectivity index (χ4v) is 2.09. The minimum atomic E-state index is 0.294. The topological polar surface area (TPSA) is 17.1 Å². The SMILES string of the molecule is CC(=O)C1CCC1c1ccccc1. The summed E-state index contributed by atoms with van der Waals surface area (Å²) in [6, 6.07) is 10.4. The summed E-state index contributed by atoms with van der Waals surface area (Å²) in [6.45, 7) is 1.71. The van der Waals surface area contributed by atoms with Crippen molar-refractivity contribution >= 4 is 5.78 Å². The van der Waals surface area contributed by atoms with Gasteiger partial charge in [-0.2, -0.15) is 0 Å². The Labute approximate surface area is 78.8 Å². The smallest absolute Gasteiger partial charge is 0.133 e. The maximum Gasteiger partial charge on any atom is 0.133 e. The first-order chi connectivity index (χ1) is 6.29. The first-order valence-corrected chi connectivity index (χ1v) is 4.84. The molecule has 68 valence electrons. The second kappa shape index (κ2) is 3.33. The van der Waals surface area contributed by atoms with E-state index in [4.69, 9.17) is 0 Å². The summed E-state index contributed by atoms with van der Waals surface area (Å²) in [6.07, 6.45) is 2.25. The lowest BCUT2D eigenvalue weighted by Crippen LogP contribution is -2.29. The van der Waals surface area contributed by atoms with Gasteiger partial charge in [-0.3, -0.25) is 4.79 Å². The highest BCUT2D eigenvalue weighted by Crippen LogP contribution is 2.42. The van der Waals surface area contributed by atoms with Crippen LogP contribution in [0.15, 0.2) is 30.3 Å². The molecule has 1 aromatic carbocycles. The summed E-state index contributed by atoms with van der Waals surface area (Å²) in [5.41, 5.74) is 1.33. The van der Waals surface area contributed by atoms with Crippen LogP contribution >= 0.6 is 0 Å². The summed E-state index contributed by atoms with van der Waals surface area (Å²) < 4.78 is 0. The number of carbonyl (C=O) groups excluding carboxylic acids is 1. The molecule has 2 unspecified atom stereocenters. The van der Waals surface area contributed by atoms with Gasteiger partial charge in [-0.1, -0.05) is 30.3 Å². The van der Waals surface area contributed by atoms with Crippen molar-refractivity contribution in [2.75, 3.05) is 0 Å². The molecule has 0 amide bonds. The van der Waals surface area contributed by atoms with E-state index in [0.717, 1.165) is 6.42 Å². The van der Waals surface area contributed by atoms with Gasteiger partial charge < -0.3 is 0 Å². The van der Waals surface area contributed by atoms with E-state index >= 15 is 0 Å². The predicted octanol–water partition coefficient (Wildman–Crippen LogP) is 2.77. The number of Topliss-reactive ketones (excluding diaryl/α,β-unsaturated/α-hetero) is 1. The molecule has 1 nitrogen and oxygen atoms in total. The molecule has 0 saturated heterocycles. The Hall–Kier alpha value is -1.11. The Morgan fingerprint density at radius 3 is 2.38 bits per heavy atom. The number of rotatable bonds is 2. The van der Waals surface area contributed by atoms with E-state index < -0.39 is 0 Å². The zero-order valence-corrected chi connectivity index (χ0v) is 7.86. The molecule has 1 heteroatoms. The quantitative estimate of drug-likeness (QED) is 0.673. The first kappa shape index (κ1) is 8.49. The number of carbonyl (C=O) groups is 1. The molecule has 1 aliphatic carbocycles. The van der Waals surface area contributed by atoms with Crippen LogP contribution in [0.2, 0.25) is 0 Å². The third-order valence-corrected chi connectivity index (χ3v) is 3.02. The van der Waals surface area contributed by atoms with Gasteiger partial charge in [-0.05, 0) is 31.2 Å². The number of ketones is 1. The van der Waals surface area contributed by atoms with Crippen LogP contribution in [0.25, 0.3) is 0 Å². The predicted molar refractivity (Wildman–Crippen MR) is 52.6 cm³/mol. The standard InChI is InChI=1S/C12H14O/c1-9(13)11-7-8-12(11)10-5-3-2-4-6-10/h2-6,11-12H,7-8H2,1H3. The second-order valence-electron chi connectivity index (χ2n) is 3.81. The van der Waals surface area contributed by atoms with Gasteiger partial charge in [0.2, 0.25) is 0 Å². The van der Waals surface area contributed by atoms with Gasteiger partial charge in [0.15, 0.2) is 0 Å². The lowest BCUT2D eigenvalue weighted by atomic mass is 9.68. The zero-order chi connectivity index (χ0) is 9.26.